The molecule has 29 heavy (non-hydrogen) atoms. The summed E-state index contributed by atoms with van der Waals surface area (Å²) in [5, 5.41) is 0.702. The molecule has 0 aliphatic carbocycles. The highest BCUT2D eigenvalue weighted by Gasteiger charge is 2.30. The van der Waals surface area contributed by atoms with Crippen LogP contribution in [0, 0.1) is 12.3 Å². The van der Waals surface area contributed by atoms with Crippen molar-refractivity contribution in [1.82, 2.24) is 14.9 Å². The summed E-state index contributed by atoms with van der Waals surface area (Å²) in [6.07, 6.45) is 2.07. The first kappa shape index (κ1) is 21.4. The Morgan fingerprint density at radius 1 is 1.24 bits per heavy atom. The first-order valence-corrected chi connectivity index (χ1v) is 10.3. The molecule has 2 heterocycles. The van der Waals surface area contributed by atoms with Crippen LogP contribution in [0.4, 0.5) is 5.82 Å². The highest BCUT2D eigenvalue weighted by atomic mass is 35.5. The fourth-order valence-corrected chi connectivity index (χ4v) is 3.57. The van der Waals surface area contributed by atoms with E-state index in [-0.39, 0.29) is 17.4 Å². The number of anilines is 1. The number of amides is 1. The van der Waals surface area contributed by atoms with Gasteiger partial charge in [0.25, 0.3) is 0 Å². The van der Waals surface area contributed by atoms with Gasteiger partial charge in [0, 0.05) is 43.2 Å². The highest BCUT2D eigenvalue weighted by Crippen LogP contribution is 2.27. The van der Waals surface area contributed by atoms with Crippen LogP contribution >= 0.6 is 11.6 Å². The Balaban J connectivity index is 1.67. The number of halogens is 1. The minimum atomic E-state index is -0.00709. The number of rotatable bonds is 4. The quantitative estimate of drug-likeness (QED) is 0.722. The lowest BCUT2D eigenvalue weighted by atomic mass is 9.91. The largest absolute Gasteiger partial charge is 0.439 e. The minimum absolute atomic E-state index is 0.00709. The molecule has 1 saturated heterocycles. The van der Waals surface area contributed by atoms with E-state index in [0.717, 1.165) is 24.5 Å². The number of carbonyl (C=O) groups is 1. The first-order chi connectivity index (χ1) is 13.6. The molecule has 1 aromatic carbocycles. The van der Waals surface area contributed by atoms with Crippen molar-refractivity contribution in [3.8, 4) is 11.6 Å². The van der Waals surface area contributed by atoms with Gasteiger partial charge in [0.15, 0.2) is 0 Å². The monoisotopic (exact) mass is 416 g/mol. The summed E-state index contributed by atoms with van der Waals surface area (Å²) in [5.74, 6) is 2.18. The van der Waals surface area contributed by atoms with Crippen molar-refractivity contribution >= 4 is 23.3 Å². The fraction of sp³-hybridized carbons (Fsp3) is 0.500. The number of benzene rings is 1. The van der Waals surface area contributed by atoms with Crippen LogP contribution in [-0.4, -0.2) is 46.5 Å². The minimum Gasteiger partial charge on any atom is -0.439 e. The van der Waals surface area contributed by atoms with Crippen molar-refractivity contribution < 1.29 is 9.53 Å². The van der Waals surface area contributed by atoms with Gasteiger partial charge in [0.05, 0.1) is 0 Å². The van der Waals surface area contributed by atoms with Gasteiger partial charge in [-0.2, -0.15) is 0 Å². The number of aromatic nitrogens is 2. The number of ether oxygens (including phenoxy) is 1. The van der Waals surface area contributed by atoms with Crippen molar-refractivity contribution in [2.45, 2.75) is 47.1 Å². The molecule has 1 aliphatic rings. The molecular weight excluding hydrogens is 388 g/mol. The Morgan fingerprint density at radius 3 is 2.66 bits per heavy atom. The molecule has 2 aromatic rings. The maximum Gasteiger partial charge on any atom is 0.224 e. The summed E-state index contributed by atoms with van der Waals surface area (Å²) in [6.45, 7) is 12.4. The molecule has 0 spiro atoms. The van der Waals surface area contributed by atoms with Crippen molar-refractivity contribution in [2.75, 3.05) is 24.5 Å². The number of aryl methyl sites for hydroxylation is 1. The third-order valence-electron chi connectivity index (χ3n) is 4.93. The molecule has 3 rings (SSSR count). The molecule has 1 aliphatic heterocycles. The molecule has 0 saturated carbocycles. The second-order valence-electron chi connectivity index (χ2n) is 8.85. The molecule has 6 nitrogen and oxygen atoms in total. The van der Waals surface area contributed by atoms with Crippen LogP contribution in [0.2, 0.25) is 5.02 Å². The van der Waals surface area contributed by atoms with Crippen LogP contribution in [0.15, 0.2) is 30.6 Å². The van der Waals surface area contributed by atoms with E-state index in [9.17, 15) is 4.79 Å². The van der Waals surface area contributed by atoms with Crippen LogP contribution in [0.25, 0.3) is 0 Å². The van der Waals surface area contributed by atoms with Gasteiger partial charge in [-0.3, -0.25) is 4.79 Å². The van der Waals surface area contributed by atoms with Gasteiger partial charge < -0.3 is 14.5 Å². The van der Waals surface area contributed by atoms with E-state index in [4.69, 9.17) is 16.3 Å². The lowest BCUT2D eigenvalue weighted by Crippen LogP contribution is -2.54. The zero-order chi connectivity index (χ0) is 21.2. The summed E-state index contributed by atoms with van der Waals surface area (Å²) in [6, 6.07) is 7.47. The summed E-state index contributed by atoms with van der Waals surface area (Å²) >= 11 is 6.08. The van der Waals surface area contributed by atoms with E-state index in [1.165, 1.54) is 6.33 Å². The lowest BCUT2D eigenvalue weighted by molar-refractivity contribution is -0.135. The zero-order valence-electron chi connectivity index (χ0n) is 17.8. The highest BCUT2D eigenvalue weighted by molar-refractivity contribution is 6.31. The van der Waals surface area contributed by atoms with Gasteiger partial charge >= 0.3 is 0 Å². The second-order valence-corrected chi connectivity index (χ2v) is 9.25. The number of carbonyl (C=O) groups excluding carboxylic acids is 1. The molecule has 7 heteroatoms. The standard InChI is InChI=1S/C22H29ClN4O2/c1-15-10-17(6-7-18(15)23)29-20-11-19(24-14-25-20)26-8-9-27(16(2)13-26)21(28)12-22(3,4)5/h6-7,10-11,14,16H,8-9,12-13H2,1-5H3/t16-/m1/s1. The smallest absolute Gasteiger partial charge is 0.224 e. The molecule has 0 bridgehead atoms. The maximum atomic E-state index is 12.6. The normalized spacial score (nSPS) is 17.4. The Hall–Kier alpha value is -2.34. The van der Waals surface area contributed by atoms with E-state index >= 15 is 0 Å². The third-order valence-corrected chi connectivity index (χ3v) is 5.36. The fourth-order valence-electron chi connectivity index (χ4n) is 3.45. The second kappa shape index (κ2) is 8.57. The van der Waals surface area contributed by atoms with Gasteiger partial charge in [-0.15, -0.1) is 0 Å². The van der Waals surface area contributed by atoms with E-state index in [1.54, 1.807) is 0 Å². The molecule has 1 amide bonds. The predicted octanol–water partition coefficient (Wildman–Crippen LogP) is 4.70. The average Bonchev–Trinajstić information content (AvgIpc) is 2.63. The van der Waals surface area contributed by atoms with Gasteiger partial charge in [-0.1, -0.05) is 32.4 Å². The number of hydrogen-bond acceptors (Lipinski definition) is 5. The Bertz CT molecular complexity index is 881. The van der Waals surface area contributed by atoms with Crippen LogP contribution in [0.5, 0.6) is 11.6 Å². The summed E-state index contributed by atoms with van der Waals surface area (Å²) in [5.41, 5.74) is 0.940. The van der Waals surface area contributed by atoms with Crippen LogP contribution in [0.1, 0.15) is 39.7 Å². The topological polar surface area (TPSA) is 58.6 Å². The van der Waals surface area contributed by atoms with Crippen LogP contribution < -0.4 is 9.64 Å². The Labute approximate surface area is 177 Å². The van der Waals surface area contributed by atoms with Crippen molar-refractivity contribution in [2.24, 2.45) is 5.41 Å². The molecule has 0 radical (unpaired) electrons. The van der Waals surface area contributed by atoms with Crippen molar-refractivity contribution in [1.29, 1.82) is 0 Å². The number of hydrogen-bond donors (Lipinski definition) is 0. The molecule has 0 unspecified atom stereocenters. The van der Waals surface area contributed by atoms with Gasteiger partial charge in [-0.05, 0) is 43.0 Å². The van der Waals surface area contributed by atoms with Crippen molar-refractivity contribution in [3.05, 3.63) is 41.2 Å². The SMILES string of the molecule is Cc1cc(Oc2cc(N3CCN(C(=O)CC(C)(C)C)[C@H](C)C3)ncn2)ccc1Cl. The zero-order valence-corrected chi connectivity index (χ0v) is 18.5. The van der Waals surface area contributed by atoms with E-state index in [2.05, 4.69) is 42.6 Å². The first-order valence-electron chi connectivity index (χ1n) is 9.93. The molecule has 1 aromatic heterocycles. The van der Waals surface area contributed by atoms with E-state index in [1.807, 2.05) is 36.1 Å². The summed E-state index contributed by atoms with van der Waals surface area (Å²) in [4.78, 5) is 25.4. The lowest BCUT2D eigenvalue weighted by Gasteiger charge is -2.41. The Kier molecular flexibility index (Phi) is 6.32. The predicted molar refractivity (Wildman–Crippen MR) is 116 cm³/mol. The van der Waals surface area contributed by atoms with Gasteiger partial charge in [0.2, 0.25) is 11.8 Å². The average molecular weight is 417 g/mol. The Morgan fingerprint density at radius 2 is 2.00 bits per heavy atom. The van der Waals surface area contributed by atoms with E-state index in [0.29, 0.717) is 29.6 Å². The van der Waals surface area contributed by atoms with Gasteiger partial charge in [0.1, 0.15) is 17.9 Å². The molecule has 0 N–H and O–H groups in total. The van der Waals surface area contributed by atoms with Gasteiger partial charge in [-0.25, -0.2) is 9.97 Å². The van der Waals surface area contributed by atoms with Crippen LogP contribution in [0.3, 0.4) is 0 Å². The molecular formula is C22H29ClN4O2. The number of nitrogens with zero attached hydrogens (tertiary/aromatic N) is 4. The maximum absolute atomic E-state index is 12.6. The van der Waals surface area contributed by atoms with Crippen LogP contribution in [-0.2, 0) is 4.79 Å². The molecule has 156 valence electrons. The molecule has 1 fully saturated rings. The third kappa shape index (κ3) is 5.60. The summed E-state index contributed by atoms with van der Waals surface area (Å²) < 4.78 is 5.89. The summed E-state index contributed by atoms with van der Waals surface area (Å²) in [7, 11) is 0. The number of piperazine rings is 1. The molecule has 1 atom stereocenters. The van der Waals surface area contributed by atoms with E-state index < -0.39 is 0 Å². The van der Waals surface area contributed by atoms with Crippen molar-refractivity contribution in [3.63, 3.8) is 0 Å².